The van der Waals surface area contributed by atoms with Gasteiger partial charge in [0.25, 0.3) is 5.91 Å². The maximum atomic E-state index is 11.9. The van der Waals surface area contributed by atoms with Crippen LogP contribution in [0.15, 0.2) is 18.3 Å². The average molecular weight is 439 g/mol. The number of nitrogens with one attached hydrogen (secondary N) is 3. The van der Waals surface area contributed by atoms with Crippen LogP contribution in [0.2, 0.25) is 0 Å². The van der Waals surface area contributed by atoms with Gasteiger partial charge in [-0.2, -0.15) is 0 Å². The first-order valence-corrected chi connectivity index (χ1v) is 9.34. The highest BCUT2D eigenvalue weighted by Gasteiger charge is 2.24. The van der Waals surface area contributed by atoms with Crippen molar-refractivity contribution in [3.8, 4) is 0 Å². The molecule has 1 aromatic rings. The van der Waals surface area contributed by atoms with E-state index in [1.807, 2.05) is 5.32 Å². The fourth-order valence-electron chi connectivity index (χ4n) is 2.46. The number of carboxylic acids is 3. The molecule has 0 aliphatic heterocycles. The van der Waals surface area contributed by atoms with Crippen molar-refractivity contribution < 1.29 is 39.3 Å². The molecular weight excluding hydrogens is 414 g/mol. The van der Waals surface area contributed by atoms with Crippen molar-refractivity contribution >= 4 is 35.7 Å². The molecule has 0 aliphatic rings. The number of rotatable bonds is 13. The minimum Gasteiger partial charge on any atom is -0.481 e. The van der Waals surface area contributed by atoms with Gasteiger partial charge in [-0.3, -0.25) is 9.59 Å². The fraction of sp³-hybridized carbons (Fsp3) is 0.444. The lowest BCUT2D eigenvalue weighted by molar-refractivity contribution is -0.140. The van der Waals surface area contributed by atoms with Crippen LogP contribution in [-0.4, -0.2) is 68.8 Å². The van der Waals surface area contributed by atoms with Gasteiger partial charge in [-0.1, -0.05) is 0 Å². The standard InChI is InChI=1S/C18H25N5O8/c19-13-6-4-10(9-21-13)15(26)20-8-2-1-3-11(16(27)28)22-18(31)23-12(17(29)30)5-7-14(24)25/h4,6,9,11-12H,1-3,5,7-8H2,(H2,19,21)(H,20,26)(H,24,25)(H,27,28)(H,29,30)(H2,22,23,31)/t11-,12-/m0/s1. The van der Waals surface area contributed by atoms with E-state index in [1.54, 1.807) is 0 Å². The van der Waals surface area contributed by atoms with Crippen LogP contribution in [0.3, 0.4) is 0 Å². The molecule has 8 N–H and O–H groups in total. The van der Waals surface area contributed by atoms with E-state index in [0.717, 1.165) is 0 Å². The summed E-state index contributed by atoms with van der Waals surface area (Å²) in [5, 5.41) is 33.7. The van der Waals surface area contributed by atoms with E-state index in [2.05, 4.69) is 15.6 Å². The quantitative estimate of drug-likeness (QED) is 0.198. The SMILES string of the molecule is Nc1ccc(C(=O)NCCCC[C@H](NC(=O)N[C@@H](CCC(=O)O)C(=O)O)C(=O)O)cn1. The predicted molar refractivity (Wildman–Crippen MR) is 106 cm³/mol. The number of hydrogen-bond acceptors (Lipinski definition) is 7. The van der Waals surface area contributed by atoms with Gasteiger partial charge in [0.1, 0.15) is 17.9 Å². The molecule has 0 unspecified atom stereocenters. The van der Waals surface area contributed by atoms with Crippen LogP contribution in [0.1, 0.15) is 42.5 Å². The molecule has 13 heteroatoms. The van der Waals surface area contributed by atoms with E-state index < -0.39 is 42.4 Å². The van der Waals surface area contributed by atoms with Crippen LogP contribution in [0.25, 0.3) is 0 Å². The van der Waals surface area contributed by atoms with E-state index in [9.17, 15) is 29.1 Å². The summed E-state index contributed by atoms with van der Waals surface area (Å²) >= 11 is 0. The number of pyridine rings is 1. The number of nitrogens with two attached hydrogens (primary N) is 1. The largest absolute Gasteiger partial charge is 0.481 e. The maximum Gasteiger partial charge on any atom is 0.326 e. The van der Waals surface area contributed by atoms with E-state index in [0.29, 0.717) is 18.4 Å². The second kappa shape index (κ2) is 12.6. The second-order valence-electron chi connectivity index (χ2n) is 6.56. The van der Waals surface area contributed by atoms with Gasteiger partial charge in [0.15, 0.2) is 0 Å². The van der Waals surface area contributed by atoms with Crippen molar-refractivity contribution in [2.24, 2.45) is 0 Å². The highest BCUT2D eigenvalue weighted by Crippen LogP contribution is 2.04. The number of urea groups is 1. The molecule has 3 amide bonds. The molecule has 31 heavy (non-hydrogen) atoms. The monoisotopic (exact) mass is 439 g/mol. The number of carbonyl (C=O) groups excluding carboxylic acids is 2. The lowest BCUT2D eigenvalue weighted by Crippen LogP contribution is -2.51. The summed E-state index contributed by atoms with van der Waals surface area (Å²) in [6.45, 7) is 0.262. The van der Waals surface area contributed by atoms with Crippen molar-refractivity contribution in [1.29, 1.82) is 0 Å². The maximum absolute atomic E-state index is 11.9. The molecule has 0 saturated heterocycles. The smallest absolute Gasteiger partial charge is 0.326 e. The number of nitrogens with zero attached hydrogens (tertiary/aromatic N) is 1. The Bertz CT molecular complexity index is 799. The van der Waals surface area contributed by atoms with E-state index in [1.165, 1.54) is 18.3 Å². The van der Waals surface area contributed by atoms with Gasteiger partial charge in [0, 0.05) is 19.2 Å². The normalized spacial score (nSPS) is 12.3. The summed E-state index contributed by atoms with van der Waals surface area (Å²) in [5.41, 5.74) is 5.77. The van der Waals surface area contributed by atoms with Crippen molar-refractivity contribution in [3.63, 3.8) is 0 Å². The molecular formula is C18H25N5O8. The van der Waals surface area contributed by atoms with Crippen molar-refractivity contribution in [2.45, 2.75) is 44.2 Å². The average Bonchev–Trinajstić information content (AvgIpc) is 2.69. The Labute approximate surface area is 177 Å². The number of unbranched alkanes of at least 4 members (excludes halogenated alkanes) is 1. The highest BCUT2D eigenvalue weighted by molar-refractivity contribution is 5.94. The first kappa shape index (κ1) is 25.1. The predicted octanol–water partition coefficient (Wildman–Crippen LogP) is -0.366. The Hall–Kier alpha value is -3.90. The zero-order valence-corrected chi connectivity index (χ0v) is 16.5. The summed E-state index contributed by atoms with van der Waals surface area (Å²) in [7, 11) is 0. The number of carboxylic acid groups (broad SMARTS) is 3. The fourth-order valence-corrected chi connectivity index (χ4v) is 2.46. The van der Waals surface area contributed by atoms with Crippen LogP contribution in [0.4, 0.5) is 10.6 Å². The van der Waals surface area contributed by atoms with E-state index >= 15 is 0 Å². The van der Waals surface area contributed by atoms with Gasteiger partial charge in [-0.25, -0.2) is 19.4 Å². The second-order valence-corrected chi connectivity index (χ2v) is 6.56. The summed E-state index contributed by atoms with van der Waals surface area (Å²) in [6.07, 6.45) is 1.32. The van der Waals surface area contributed by atoms with E-state index in [4.69, 9.17) is 15.9 Å². The van der Waals surface area contributed by atoms with Crippen LogP contribution in [-0.2, 0) is 14.4 Å². The number of anilines is 1. The van der Waals surface area contributed by atoms with Gasteiger partial charge in [-0.05, 0) is 37.8 Å². The molecule has 1 rings (SSSR count). The molecule has 1 heterocycles. The Morgan fingerprint density at radius 2 is 1.55 bits per heavy atom. The highest BCUT2D eigenvalue weighted by atomic mass is 16.4. The minimum atomic E-state index is -1.47. The Kier molecular flexibility index (Phi) is 10.2. The van der Waals surface area contributed by atoms with Crippen molar-refractivity contribution in [2.75, 3.05) is 12.3 Å². The summed E-state index contributed by atoms with van der Waals surface area (Å²) in [5.74, 6) is -4.05. The van der Waals surface area contributed by atoms with Gasteiger partial charge >= 0.3 is 23.9 Å². The molecule has 0 saturated carbocycles. The van der Waals surface area contributed by atoms with Crippen LogP contribution in [0.5, 0.6) is 0 Å². The third-order valence-corrected chi connectivity index (χ3v) is 4.11. The Morgan fingerprint density at radius 3 is 2.06 bits per heavy atom. The lowest BCUT2D eigenvalue weighted by Gasteiger charge is -2.18. The molecule has 0 radical (unpaired) electrons. The zero-order chi connectivity index (χ0) is 23.4. The van der Waals surface area contributed by atoms with Gasteiger partial charge < -0.3 is 37.0 Å². The number of amides is 3. The molecule has 1 aromatic heterocycles. The number of carbonyl (C=O) groups is 5. The first-order valence-electron chi connectivity index (χ1n) is 9.34. The minimum absolute atomic E-state index is 0.0366. The first-order chi connectivity index (χ1) is 14.6. The molecule has 170 valence electrons. The number of hydrogen-bond donors (Lipinski definition) is 7. The van der Waals surface area contributed by atoms with Gasteiger partial charge in [0.2, 0.25) is 0 Å². The molecule has 0 spiro atoms. The third-order valence-electron chi connectivity index (χ3n) is 4.11. The molecule has 0 aliphatic carbocycles. The topological polar surface area (TPSA) is 221 Å². The Morgan fingerprint density at radius 1 is 0.935 bits per heavy atom. The number of aromatic nitrogens is 1. The van der Waals surface area contributed by atoms with Crippen LogP contribution in [0, 0.1) is 0 Å². The molecule has 0 fully saturated rings. The third kappa shape index (κ3) is 9.92. The van der Waals surface area contributed by atoms with Crippen molar-refractivity contribution in [1.82, 2.24) is 20.9 Å². The molecule has 2 atom stereocenters. The van der Waals surface area contributed by atoms with Gasteiger partial charge in [-0.15, -0.1) is 0 Å². The molecule has 0 bridgehead atoms. The van der Waals surface area contributed by atoms with Crippen LogP contribution >= 0.6 is 0 Å². The van der Waals surface area contributed by atoms with E-state index in [-0.39, 0.29) is 31.1 Å². The summed E-state index contributed by atoms with van der Waals surface area (Å²) < 4.78 is 0. The summed E-state index contributed by atoms with van der Waals surface area (Å²) in [4.78, 5) is 60.6. The van der Waals surface area contributed by atoms with Gasteiger partial charge in [0.05, 0.1) is 5.56 Å². The molecule has 0 aromatic carbocycles. The lowest BCUT2D eigenvalue weighted by atomic mass is 10.1. The molecule has 13 nitrogen and oxygen atoms in total. The number of aliphatic carboxylic acids is 3. The summed E-state index contributed by atoms with van der Waals surface area (Å²) in [6, 6.07) is -0.787. The zero-order valence-electron chi connectivity index (χ0n) is 16.5. The Balaban J connectivity index is 2.41. The van der Waals surface area contributed by atoms with Crippen molar-refractivity contribution in [3.05, 3.63) is 23.9 Å². The number of nitrogen functional groups attached to an aromatic ring is 1. The van der Waals surface area contributed by atoms with Crippen LogP contribution < -0.4 is 21.7 Å².